The molecule has 0 aromatic rings. The maximum atomic E-state index is 12.2. The number of fused-ring (bicyclic) bond motifs is 1. The Kier molecular flexibility index (Phi) is 5.25. The van der Waals surface area contributed by atoms with Crippen LogP contribution in [0.25, 0.3) is 0 Å². The zero-order valence-corrected chi connectivity index (χ0v) is 13.0. The molecule has 120 valence electrons. The predicted octanol–water partition coefficient (Wildman–Crippen LogP) is 2.06. The van der Waals surface area contributed by atoms with Crippen molar-refractivity contribution in [1.29, 1.82) is 0 Å². The molecule has 2 aliphatic rings. The maximum Gasteiger partial charge on any atom is 0.311 e. The molecule has 21 heavy (non-hydrogen) atoms. The van der Waals surface area contributed by atoms with Gasteiger partial charge in [-0.25, -0.2) is 0 Å². The van der Waals surface area contributed by atoms with Gasteiger partial charge >= 0.3 is 11.9 Å². The summed E-state index contributed by atoms with van der Waals surface area (Å²) in [5.41, 5.74) is -1.01. The summed E-state index contributed by atoms with van der Waals surface area (Å²) < 4.78 is 10.2. The summed E-state index contributed by atoms with van der Waals surface area (Å²) in [7, 11) is 0. The monoisotopic (exact) mass is 298 g/mol. The van der Waals surface area contributed by atoms with Crippen molar-refractivity contribution in [1.82, 2.24) is 0 Å². The van der Waals surface area contributed by atoms with Crippen molar-refractivity contribution in [3.8, 4) is 0 Å². The van der Waals surface area contributed by atoms with Crippen molar-refractivity contribution in [2.45, 2.75) is 58.0 Å². The fourth-order valence-electron chi connectivity index (χ4n) is 3.96. The van der Waals surface area contributed by atoms with Gasteiger partial charge in [-0.2, -0.15) is 0 Å². The van der Waals surface area contributed by atoms with Crippen molar-refractivity contribution in [3.63, 3.8) is 0 Å². The number of esters is 2. The van der Waals surface area contributed by atoms with E-state index < -0.39 is 11.5 Å². The fraction of sp³-hybridized carbons (Fsp3) is 0.875. The molecule has 4 atom stereocenters. The van der Waals surface area contributed by atoms with Gasteiger partial charge in [-0.05, 0) is 45.4 Å². The average Bonchev–Trinajstić information content (AvgIpc) is 2.46. The molecule has 2 aliphatic carbocycles. The molecule has 0 aromatic heterocycles. The van der Waals surface area contributed by atoms with Gasteiger partial charge in [0.05, 0.1) is 30.7 Å². The number of carbonyl (C=O) groups is 2. The van der Waals surface area contributed by atoms with Crippen molar-refractivity contribution in [2.24, 2.45) is 17.8 Å². The van der Waals surface area contributed by atoms with Gasteiger partial charge in [-0.3, -0.25) is 9.59 Å². The van der Waals surface area contributed by atoms with Crippen LogP contribution in [-0.4, -0.2) is 35.9 Å². The summed E-state index contributed by atoms with van der Waals surface area (Å²) in [6.45, 7) is 4.17. The topological polar surface area (TPSA) is 72.8 Å². The van der Waals surface area contributed by atoms with Crippen molar-refractivity contribution >= 4 is 11.9 Å². The van der Waals surface area contributed by atoms with Crippen LogP contribution < -0.4 is 0 Å². The molecule has 2 rings (SSSR count). The summed E-state index contributed by atoms with van der Waals surface area (Å²) in [5, 5.41) is 11.0. The Morgan fingerprint density at radius 2 is 1.76 bits per heavy atom. The summed E-state index contributed by atoms with van der Waals surface area (Å²) in [6.07, 6.45) is 4.40. The second-order valence-corrected chi connectivity index (χ2v) is 6.16. The molecule has 2 fully saturated rings. The van der Waals surface area contributed by atoms with Crippen LogP contribution >= 0.6 is 0 Å². The molecule has 0 unspecified atom stereocenters. The van der Waals surface area contributed by atoms with Crippen LogP contribution in [0.15, 0.2) is 0 Å². The van der Waals surface area contributed by atoms with Gasteiger partial charge in [0.15, 0.2) is 0 Å². The Bertz CT molecular complexity index is 394. The Labute approximate surface area is 126 Å². The SMILES string of the molecule is CCOC(=O)[C@@H]1C[C@H]2CCCC[C@@]2(O)[C@H](C(=O)OCC)C1. The van der Waals surface area contributed by atoms with Crippen LogP contribution in [-0.2, 0) is 19.1 Å². The highest BCUT2D eigenvalue weighted by Crippen LogP contribution is 2.49. The standard InChI is InChI=1S/C16H26O5/c1-3-20-14(17)11-9-12-7-5-6-8-16(12,19)13(10-11)15(18)21-4-2/h11-13,19H,3-10H2,1-2H3/t11-,12-,13+,16+/m1/s1. The molecule has 5 heteroatoms. The minimum Gasteiger partial charge on any atom is -0.466 e. The second kappa shape index (κ2) is 6.77. The number of ether oxygens (including phenoxy) is 2. The normalized spacial score (nSPS) is 35.7. The summed E-state index contributed by atoms with van der Waals surface area (Å²) in [4.78, 5) is 24.3. The Morgan fingerprint density at radius 3 is 2.43 bits per heavy atom. The Balaban J connectivity index is 2.20. The Hall–Kier alpha value is -1.10. The fourth-order valence-corrected chi connectivity index (χ4v) is 3.96. The van der Waals surface area contributed by atoms with Gasteiger partial charge < -0.3 is 14.6 Å². The average molecular weight is 298 g/mol. The zero-order chi connectivity index (χ0) is 15.5. The highest BCUT2D eigenvalue weighted by molar-refractivity contribution is 5.78. The van der Waals surface area contributed by atoms with E-state index in [1.54, 1.807) is 13.8 Å². The first-order chi connectivity index (χ1) is 10.0. The number of hydrogen-bond donors (Lipinski definition) is 1. The zero-order valence-electron chi connectivity index (χ0n) is 13.0. The van der Waals surface area contributed by atoms with Crippen LogP contribution in [0.5, 0.6) is 0 Å². The van der Waals surface area contributed by atoms with Gasteiger partial charge in [0.25, 0.3) is 0 Å². The summed E-state index contributed by atoms with van der Waals surface area (Å²) >= 11 is 0. The van der Waals surface area contributed by atoms with Crippen LogP contribution in [0.1, 0.15) is 52.4 Å². The van der Waals surface area contributed by atoms with E-state index in [9.17, 15) is 14.7 Å². The van der Waals surface area contributed by atoms with Crippen molar-refractivity contribution < 1.29 is 24.2 Å². The number of hydrogen-bond acceptors (Lipinski definition) is 5. The third-order valence-electron chi connectivity index (χ3n) is 4.97. The molecule has 0 spiro atoms. The van der Waals surface area contributed by atoms with E-state index in [1.807, 2.05) is 0 Å². The van der Waals surface area contributed by atoms with Gasteiger partial charge in [-0.1, -0.05) is 12.8 Å². The lowest BCUT2D eigenvalue weighted by Crippen LogP contribution is -2.55. The van der Waals surface area contributed by atoms with Crippen molar-refractivity contribution in [2.75, 3.05) is 13.2 Å². The highest BCUT2D eigenvalue weighted by Gasteiger charge is 2.54. The van der Waals surface area contributed by atoms with E-state index >= 15 is 0 Å². The molecule has 0 radical (unpaired) electrons. The lowest BCUT2D eigenvalue weighted by atomic mass is 9.59. The summed E-state index contributed by atoms with van der Waals surface area (Å²) in [5.74, 6) is -1.54. The van der Waals surface area contributed by atoms with E-state index in [0.29, 0.717) is 32.5 Å². The largest absolute Gasteiger partial charge is 0.466 e. The molecule has 0 amide bonds. The molecule has 0 aromatic carbocycles. The lowest BCUT2D eigenvalue weighted by molar-refractivity contribution is -0.183. The molecular weight excluding hydrogens is 272 g/mol. The van der Waals surface area contributed by atoms with Crippen LogP contribution in [0.4, 0.5) is 0 Å². The lowest BCUT2D eigenvalue weighted by Gasteiger charge is -2.49. The first kappa shape index (κ1) is 16.3. The van der Waals surface area contributed by atoms with Gasteiger partial charge in [-0.15, -0.1) is 0 Å². The smallest absolute Gasteiger partial charge is 0.311 e. The van der Waals surface area contributed by atoms with E-state index in [2.05, 4.69) is 0 Å². The molecule has 0 bridgehead atoms. The van der Waals surface area contributed by atoms with E-state index in [0.717, 1.165) is 19.3 Å². The maximum absolute atomic E-state index is 12.2. The highest BCUT2D eigenvalue weighted by atomic mass is 16.5. The van der Waals surface area contributed by atoms with Crippen LogP contribution in [0, 0.1) is 17.8 Å². The second-order valence-electron chi connectivity index (χ2n) is 6.16. The molecule has 5 nitrogen and oxygen atoms in total. The minimum absolute atomic E-state index is 0.0104. The number of rotatable bonds is 4. The van der Waals surface area contributed by atoms with Gasteiger partial charge in [0, 0.05) is 0 Å². The molecular formula is C16H26O5. The van der Waals surface area contributed by atoms with Gasteiger partial charge in [0.2, 0.25) is 0 Å². The summed E-state index contributed by atoms with van der Waals surface area (Å²) in [6, 6.07) is 0. The third kappa shape index (κ3) is 3.23. The minimum atomic E-state index is -1.01. The number of aliphatic hydroxyl groups is 1. The third-order valence-corrected chi connectivity index (χ3v) is 4.97. The molecule has 1 N–H and O–H groups in total. The van der Waals surface area contributed by atoms with Crippen molar-refractivity contribution in [3.05, 3.63) is 0 Å². The van der Waals surface area contributed by atoms with Gasteiger partial charge in [0.1, 0.15) is 0 Å². The predicted molar refractivity (Wildman–Crippen MR) is 76.4 cm³/mol. The van der Waals surface area contributed by atoms with E-state index in [-0.39, 0.29) is 23.8 Å². The first-order valence-electron chi connectivity index (χ1n) is 8.08. The Morgan fingerprint density at radius 1 is 1.10 bits per heavy atom. The molecule has 2 saturated carbocycles. The quantitative estimate of drug-likeness (QED) is 0.804. The molecule has 0 heterocycles. The van der Waals surface area contributed by atoms with Crippen LogP contribution in [0.3, 0.4) is 0 Å². The molecule has 0 aliphatic heterocycles. The first-order valence-corrected chi connectivity index (χ1v) is 8.08. The van der Waals surface area contributed by atoms with E-state index in [1.165, 1.54) is 0 Å². The van der Waals surface area contributed by atoms with E-state index in [4.69, 9.17) is 9.47 Å². The van der Waals surface area contributed by atoms with Crippen LogP contribution in [0.2, 0.25) is 0 Å². The number of carbonyl (C=O) groups excluding carboxylic acids is 2. The molecule has 0 saturated heterocycles.